The number of allylic oxidation sites excluding steroid dienone is 6. The third kappa shape index (κ3) is 38.9. The van der Waals surface area contributed by atoms with Crippen molar-refractivity contribution in [3.8, 4) is 0 Å². The number of hydrogen-bond donors (Lipinski definition) is 0. The molecular formula is C46H82O6. The quantitative estimate of drug-likeness (QED) is 0.0271. The first-order chi connectivity index (χ1) is 25.5. The molecule has 0 N–H and O–H groups in total. The van der Waals surface area contributed by atoms with Crippen molar-refractivity contribution in [1.82, 2.24) is 0 Å². The van der Waals surface area contributed by atoms with Gasteiger partial charge in [0.1, 0.15) is 13.2 Å². The molecule has 0 fully saturated rings. The van der Waals surface area contributed by atoms with E-state index in [9.17, 15) is 14.4 Å². The summed E-state index contributed by atoms with van der Waals surface area (Å²) < 4.78 is 16.6. The maximum absolute atomic E-state index is 12.6. The predicted octanol–water partition coefficient (Wildman–Crippen LogP) is 13.8. The van der Waals surface area contributed by atoms with Crippen LogP contribution in [-0.2, 0) is 28.6 Å². The SMILES string of the molecule is CCC/C=C\CCCCCCCC(=O)OC(COC(=O)CCCCCCC/C=C\C/C=C\CCCCCC)COC(=O)CCCCCCCCCC. The smallest absolute Gasteiger partial charge is 0.306 e. The highest BCUT2D eigenvalue weighted by Crippen LogP contribution is 2.13. The average molecular weight is 731 g/mol. The van der Waals surface area contributed by atoms with Crippen molar-refractivity contribution in [3.05, 3.63) is 36.5 Å². The monoisotopic (exact) mass is 731 g/mol. The summed E-state index contributed by atoms with van der Waals surface area (Å²) in [4.78, 5) is 37.5. The average Bonchev–Trinajstić information content (AvgIpc) is 3.14. The normalized spacial score (nSPS) is 12.3. The molecule has 0 aliphatic rings. The summed E-state index contributed by atoms with van der Waals surface area (Å²) in [7, 11) is 0. The van der Waals surface area contributed by atoms with Crippen LogP contribution in [0.15, 0.2) is 36.5 Å². The molecule has 52 heavy (non-hydrogen) atoms. The second-order valence-corrected chi connectivity index (χ2v) is 14.6. The minimum atomic E-state index is -0.775. The first kappa shape index (κ1) is 49.6. The lowest BCUT2D eigenvalue weighted by Gasteiger charge is -2.18. The van der Waals surface area contributed by atoms with E-state index in [2.05, 4.69) is 57.2 Å². The Balaban J connectivity index is 4.33. The summed E-state index contributed by atoms with van der Waals surface area (Å²) >= 11 is 0. The number of hydrogen-bond acceptors (Lipinski definition) is 6. The number of unbranched alkanes of at least 4 members (excludes halogenated alkanes) is 22. The minimum Gasteiger partial charge on any atom is -0.462 e. The van der Waals surface area contributed by atoms with Gasteiger partial charge in [0, 0.05) is 19.3 Å². The maximum atomic E-state index is 12.6. The maximum Gasteiger partial charge on any atom is 0.306 e. The van der Waals surface area contributed by atoms with Gasteiger partial charge < -0.3 is 14.2 Å². The highest BCUT2D eigenvalue weighted by atomic mass is 16.6. The Morgan fingerprint density at radius 1 is 0.385 bits per heavy atom. The van der Waals surface area contributed by atoms with Crippen molar-refractivity contribution >= 4 is 17.9 Å². The molecule has 6 heteroatoms. The molecule has 1 unspecified atom stereocenters. The molecule has 0 saturated carbocycles. The van der Waals surface area contributed by atoms with E-state index in [4.69, 9.17) is 14.2 Å². The van der Waals surface area contributed by atoms with E-state index < -0.39 is 6.10 Å². The fraction of sp³-hybridized carbons (Fsp3) is 0.804. The first-order valence-corrected chi connectivity index (χ1v) is 22.0. The molecule has 0 aromatic heterocycles. The van der Waals surface area contributed by atoms with Crippen molar-refractivity contribution in [2.75, 3.05) is 13.2 Å². The Bertz CT molecular complexity index is 891. The second kappa shape index (κ2) is 41.4. The molecule has 0 heterocycles. The summed E-state index contributed by atoms with van der Waals surface area (Å²) in [5, 5.41) is 0. The van der Waals surface area contributed by atoms with Gasteiger partial charge in [0.25, 0.3) is 0 Å². The number of carbonyl (C=O) groups is 3. The van der Waals surface area contributed by atoms with E-state index in [1.807, 2.05) is 0 Å². The van der Waals surface area contributed by atoms with Crippen LogP contribution < -0.4 is 0 Å². The van der Waals surface area contributed by atoms with Crippen LogP contribution in [0, 0.1) is 0 Å². The van der Waals surface area contributed by atoms with Crippen LogP contribution in [0.2, 0.25) is 0 Å². The van der Waals surface area contributed by atoms with Crippen molar-refractivity contribution in [2.45, 2.75) is 226 Å². The van der Waals surface area contributed by atoms with Crippen LogP contribution in [-0.4, -0.2) is 37.2 Å². The zero-order valence-electron chi connectivity index (χ0n) is 34.3. The Hall–Kier alpha value is -2.37. The van der Waals surface area contributed by atoms with Crippen molar-refractivity contribution in [2.24, 2.45) is 0 Å². The van der Waals surface area contributed by atoms with E-state index >= 15 is 0 Å². The van der Waals surface area contributed by atoms with Crippen molar-refractivity contribution in [1.29, 1.82) is 0 Å². The van der Waals surface area contributed by atoms with Crippen molar-refractivity contribution < 1.29 is 28.6 Å². The van der Waals surface area contributed by atoms with Crippen LogP contribution in [0.4, 0.5) is 0 Å². The lowest BCUT2D eigenvalue weighted by Crippen LogP contribution is -2.30. The molecule has 0 spiro atoms. The van der Waals surface area contributed by atoms with E-state index in [1.165, 1.54) is 83.5 Å². The van der Waals surface area contributed by atoms with Gasteiger partial charge in [0.15, 0.2) is 6.10 Å². The zero-order valence-corrected chi connectivity index (χ0v) is 34.3. The van der Waals surface area contributed by atoms with Crippen LogP contribution in [0.5, 0.6) is 0 Å². The lowest BCUT2D eigenvalue weighted by atomic mass is 10.1. The summed E-state index contributed by atoms with van der Waals surface area (Å²) in [6.07, 6.45) is 45.6. The highest BCUT2D eigenvalue weighted by Gasteiger charge is 2.19. The van der Waals surface area contributed by atoms with Crippen LogP contribution in [0.1, 0.15) is 220 Å². The Morgan fingerprint density at radius 3 is 1.17 bits per heavy atom. The van der Waals surface area contributed by atoms with E-state index in [0.29, 0.717) is 19.3 Å². The summed E-state index contributed by atoms with van der Waals surface area (Å²) in [5.74, 6) is -0.910. The molecule has 0 aromatic carbocycles. The van der Waals surface area contributed by atoms with E-state index in [0.717, 1.165) is 96.3 Å². The van der Waals surface area contributed by atoms with Gasteiger partial charge >= 0.3 is 17.9 Å². The van der Waals surface area contributed by atoms with Crippen LogP contribution >= 0.6 is 0 Å². The molecule has 0 amide bonds. The molecule has 0 aliphatic carbocycles. The van der Waals surface area contributed by atoms with Crippen LogP contribution in [0.3, 0.4) is 0 Å². The Kier molecular flexibility index (Phi) is 39.5. The van der Waals surface area contributed by atoms with E-state index in [-0.39, 0.29) is 31.1 Å². The minimum absolute atomic E-state index is 0.0792. The van der Waals surface area contributed by atoms with Gasteiger partial charge in [-0.3, -0.25) is 14.4 Å². The van der Waals surface area contributed by atoms with Gasteiger partial charge in [-0.2, -0.15) is 0 Å². The van der Waals surface area contributed by atoms with Gasteiger partial charge in [-0.25, -0.2) is 0 Å². The standard InChI is InChI=1S/C46H82O6/c1-4-7-10-13-16-19-21-22-23-24-25-26-28-30-33-36-39-45(48)51-42-43(41-50-44(47)38-35-32-29-18-15-12-9-6-3)52-46(49)40-37-34-31-27-20-17-14-11-8-5-2/h11,14,19,21,23-24,43H,4-10,12-13,15-18,20,22,25-42H2,1-3H3/b14-11-,21-19-,24-23-. The fourth-order valence-electron chi connectivity index (χ4n) is 6.00. The highest BCUT2D eigenvalue weighted by molar-refractivity contribution is 5.71. The molecule has 0 aliphatic heterocycles. The van der Waals surface area contributed by atoms with Gasteiger partial charge in [0.05, 0.1) is 0 Å². The van der Waals surface area contributed by atoms with Gasteiger partial charge in [0.2, 0.25) is 0 Å². The third-order valence-electron chi connectivity index (χ3n) is 9.35. The first-order valence-electron chi connectivity index (χ1n) is 22.0. The molecule has 0 bridgehead atoms. The number of ether oxygens (including phenoxy) is 3. The number of carbonyl (C=O) groups excluding carboxylic acids is 3. The van der Waals surface area contributed by atoms with Gasteiger partial charge in [-0.05, 0) is 70.6 Å². The molecule has 0 rings (SSSR count). The number of esters is 3. The zero-order chi connectivity index (χ0) is 38.0. The Morgan fingerprint density at radius 2 is 0.731 bits per heavy atom. The molecule has 302 valence electrons. The largest absolute Gasteiger partial charge is 0.462 e. The predicted molar refractivity (Wildman–Crippen MR) is 219 cm³/mol. The molecule has 0 radical (unpaired) electrons. The molecule has 0 saturated heterocycles. The molecular weight excluding hydrogens is 649 g/mol. The topological polar surface area (TPSA) is 78.9 Å². The summed E-state index contributed by atoms with van der Waals surface area (Å²) in [6.45, 7) is 6.50. The Labute approximate surface area is 321 Å². The van der Waals surface area contributed by atoms with E-state index in [1.54, 1.807) is 0 Å². The fourth-order valence-corrected chi connectivity index (χ4v) is 6.00. The third-order valence-corrected chi connectivity index (χ3v) is 9.35. The van der Waals surface area contributed by atoms with Gasteiger partial charge in [-0.1, -0.05) is 166 Å². The summed E-state index contributed by atoms with van der Waals surface area (Å²) in [6, 6.07) is 0. The number of rotatable bonds is 39. The summed E-state index contributed by atoms with van der Waals surface area (Å²) in [5.41, 5.74) is 0. The molecule has 0 aromatic rings. The van der Waals surface area contributed by atoms with Crippen LogP contribution in [0.25, 0.3) is 0 Å². The van der Waals surface area contributed by atoms with Gasteiger partial charge in [-0.15, -0.1) is 0 Å². The second-order valence-electron chi connectivity index (χ2n) is 14.6. The lowest BCUT2D eigenvalue weighted by molar-refractivity contribution is -0.167. The molecule has 6 nitrogen and oxygen atoms in total. The van der Waals surface area contributed by atoms with Crippen molar-refractivity contribution in [3.63, 3.8) is 0 Å². The molecule has 1 atom stereocenters.